The van der Waals surface area contributed by atoms with E-state index in [1.54, 1.807) is 0 Å². The Morgan fingerprint density at radius 1 is 1.10 bits per heavy atom. The normalized spacial score (nSPS) is 24.9. The zero-order valence-electron chi connectivity index (χ0n) is 12.6. The van der Waals surface area contributed by atoms with E-state index < -0.39 is 0 Å². The van der Waals surface area contributed by atoms with Crippen LogP contribution in [0.4, 0.5) is 0 Å². The van der Waals surface area contributed by atoms with Gasteiger partial charge in [0.25, 0.3) is 0 Å². The van der Waals surface area contributed by atoms with Crippen LogP contribution >= 0.6 is 0 Å². The van der Waals surface area contributed by atoms with Crippen molar-refractivity contribution in [1.82, 2.24) is 15.1 Å². The molecule has 3 rings (SSSR count). The lowest BCUT2D eigenvalue weighted by molar-refractivity contribution is -0.146. The molecule has 0 radical (unpaired) electrons. The molecule has 0 bridgehead atoms. The van der Waals surface area contributed by atoms with E-state index in [0.717, 1.165) is 12.8 Å². The standard InChI is InChI=1S/C15H25N3O3/c19-14(16-13-3-1-2-4-13)11-17-9-12(10-17)15(20)18-5-7-21-8-6-18/h12-13H,1-11H2,(H,16,19). The van der Waals surface area contributed by atoms with Crippen molar-refractivity contribution in [2.75, 3.05) is 45.9 Å². The molecule has 1 N–H and O–H groups in total. The van der Waals surface area contributed by atoms with Crippen LogP contribution in [0.3, 0.4) is 0 Å². The Morgan fingerprint density at radius 2 is 1.76 bits per heavy atom. The molecule has 0 aromatic carbocycles. The fourth-order valence-corrected chi connectivity index (χ4v) is 3.44. The molecule has 0 atom stereocenters. The van der Waals surface area contributed by atoms with Gasteiger partial charge in [0, 0.05) is 32.2 Å². The van der Waals surface area contributed by atoms with Gasteiger partial charge < -0.3 is 15.0 Å². The van der Waals surface area contributed by atoms with Crippen LogP contribution in [0.15, 0.2) is 0 Å². The fourth-order valence-electron chi connectivity index (χ4n) is 3.44. The third kappa shape index (κ3) is 3.74. The van der Waals surface area contributed by atoms with Crippen LogP contribution in [-0.4, -0.2) is 73.6 Å². The van der Waals surface area contributed by atoms with Gasteiger partial charge in [0.05, 0.1) is 25.7 Å². The van der Waals surface area contributed by atoms with E-state index in [1.807, 2.05) is 4.90 Å². The van der Waals surface area contributed by atoms with Crippen molar-refractivity contribution in [3.05, 3.63) is 0 Å². The highest BCUT2D eigenvalue weighted by molar-refractivity contribution is 5.82. The molecule has 0 unspecified atom stereocenters. The van der Waals surface area contributed by atoms with Crippen LogP contribution in [0.2, 0.25) is 0 Å². The predicted octanol–water partition coefficient (Wildman–Crippen LogP) is -0.164. The number of nitrogens with zero attached hydrogens (tertiary/aromatic N) is 2. The number of morpholine rings is 1. The summed E-state index contributed by atoms with van der Waals surface area (Å²) in [7, 11) is 0. The summed E-state index contributed by atoms with van der Waals surface area (Å²) in [5, 5.41) is 3.09. The van der Waals surface area contributed by atoms with Gasteiger partial charge in [0.1, 0.15) is 0 Å². The molecular weight excluding hydrogens is 270 g/mol. The van der Waals surface area contributed by atoms with Crippen LogP contribution in [0, 0.1) is 5.92 Å². The second-order valence-electron chi connectivity index (χ2n) is 6.38. The first kappa shape index (κ1) is 14.8. The van der Waals surface area contributed by atoms with Crippen LogP contribution in [-0.2, 0) is 14.3 Å². The first-order valence-electron chi connectivity index (χ1n) is 8.10. The van der Waals surface area contributed by atoms with Crippen LogP contribution in [0.5, 0.6) is 0 Å². The molecule has 118 valence electrons. The molecule has 2 saturated heterocycles. The van der Waals surface area contributed by atoms with Crippen molar-refractivity contribution in [3.8, 4) is 0 Å². The second kappa shape index (κ2) is 6.75. The van der Waals surface area contributed by atoms with Gasteiger partial charge in [-0.05, 0) is 12.8 Å². The lowest BCUT2D eigenvalue weighted by Crippen LogP contribution is -2.58. The average molecular weight is 295 g/mol. The van der Waals surface area contributed by atoms with Crippen molar-refractivity contribution in [1.29, 1.82) is 0 Å². The SMILES string of the molecule is O=C(CN1CC(C(=O)N2CCOCC2)C1)NC1CCCC1. The Balaban J connectivity index is 1.35. The highest BCUT2D eigenvalue weighted by Crippen LogP contribution is 2.20. The zero-order valence-corrected chi connectivity index (χ0v) is 12.6. The predicted molar refractivity (Wildman–Crippen MR) is 77.7 cm³/mol. The van der Waals surface area contributed by atoms with E-state index in [0.29, 0.717) is 52.0 Å². The minimum absolute atomic E-state index is 0.0716. The van der Waals surface area contributed by atoms with Gasteiger partial charge in [-0.25, -0.2) is 0 Å². The van der Waals surface area contributed by atoms with Gasteiger partial charge in [-0.1, -0.05) is 12.8 Å². The largest absolute Gasteiger partial charge is 0.378 e. The second-order valence-corrected chi connectivity index (χ2v) is 6.38. The smallest absolute Gasteiger partial charge is 0.234 e. The van der Waals surface area contributed by atoms with Gasteiger partial charge >= 0.3 is 0 Å². The highest BCUT2D eigenvalue weighted by atomic mass is 16.5. The maximum Gasteiger partial charge on any atom is 0.234 e. The minimum Gasteiger partial charge on any atom is -0.378 e. The molecule has 0 aromatic rings. The Labute approximate surface area is 125 Å². The van der Waals surface area contributed by atoms with Gasteiger partial charge in [-0.2, -0.15) is 0 Å². The number of ether oxygens (including phenoxy) is 1. The Kier molecular flexibility index (Phi) is 4.75. The summed E-state index contributed by atoms with van der Waals surface area (Å²) in [4.78, 5) is 28.1. The summed E-state index contributed by atoms with van der Waals surface area (Å²) in [6.45, 7) is 4.57. The molecule has 2 heterocycles. The summed E-state index contributed by atoms with van der Waals surface area (Å²) in [5.41, 5.74) is 0. The van der Waals surface area contributed by atoms with Crippen LogP contribution in [0.25, 0.3) is 0 Å². The summed E-state index contributed by atoms with van der Waals surface area (Å²) < 4.78 is 5.26. The van der Waals surface area contributed by atoms with Crippen LogP contribution < -0.4 is 5.32 Å². The molecule has 0 aromatic heterocycles. The summed E-state index contributed by atoms with van der Waals surface area (Å²) in [6, 6.07) is 0.379. The third-order valence-corrected chi connectivity index (χ3v) is 4.72. The number of hydrogen-bond acceptors (Lipinski definition) is 4. The summed E-state index contributed by atoms with van der Waals surface area (Å²) >= 11 is 0. The van der Waals surface area contributed by atoms with Crippen LogP contribution in [0.1, 0.15) is 25.7 Å². The molecule has 3 fully saturated rings. The fraction of sp³-hybridized carbons (Fsp3) is 0.867. The average Bonchev–Trinajstić information content (AvgIpc) is 2.95. The molecular formula is C15H25N3O3. The molecule has 6 nitrogen and oxygen atoms in total. The molecule has 2 amide bonds. The van der Waals surface area contributed by atoms with Gasteiger partial charge in [0.2, 0.25) is 11.8 Å². The lowest BCUT2D eigenvalue weighted by Gasteiger charge is -2.41. The molecule has 2 aliphatic heterocycles. The van der Waals surface area contributed by atoms with E-state index in [4.69, 9.17) is 4.74 Å². The highest BCUT2D eigenvalue weighted by Gasteiger charge is 2.36. The number of nitrogens with one attached hydrogen (secondary N) is 1. The Hall–Kier alpha value is -1.14. The Morgan fingerprint density at radius 3 is 2.43 bits per heavy atom. The third-order valence-electron chi connectivity index (χ3n) is 4.72. The topological polar surface area (TPSA) is 61.9 Å². The first-order valence-corrected chi connectivity index (χ1v) is 8.10. The molecule has 21 heavy (non-hydrogen) atoms. The number of carbonyl (C=O) groups excluding carboxylic acids is 2. The monoisotopic (exact) mass is 295 g/mol. The molecule has 1 saturated carbocycles. The number of amides is 2. The number of hydrogen-bond donors (Lipinski definition) is 1. The Bertz CT molecular complexity index is 384. The maximum absolute atomic E-state index is 12.2. The maximum atomic E-state index is 12.2. The first-order chi connectivity index (χ1) is 10.2. The summed E-state index contributed by atoms with van der Waals surface area (Å²) in [5.74, 6) is 0.410. The molecule has 6 heteroatoms. The van der Waals surface area contributed by atoms with Crippen molar-refractivity contribution >= 4 is 11.8 Å². The number of rotatable bonds is 4. The number of likely N-dealkylation sites (tertiary alicyclic amines) is 1. The van der Waals surface area contributed by atoms with E-state index >= 15 is 0 Å². The number of carbonyl (C=O) groups is 2. The zero-order chi connectivity index (χ0) is 14.7. The van der Waals surface area contributed by atoms with Gasteiger partial charge in [-0.3, -0.25) is 14.5 Å². The molecule has 0 spiro atoms. The molecule has 3 aliphatic rings. The van der Waals surface area contributed by atoms with E-state index in [9.17, 15) is 9.59 Å². The van der Waals surface area contributed by atoms with Gasteiger partial charge in [0.15, 0.2) is 0 Å². The molecule has 1 aliphatic carbocycles. The van der Waals surface area contributed by atoms with E-state index in [1.165, 1.54) is 12.8 Å². The van der Waals surface area contributed by atoms with Crippen molar-refractivity contribution < 1.29 is 14.3 Å². The van der Waals surface area contributed by atoms with Crippen molar-refractivity contribution in [3.63, 3.8) is 0 Å². The summed E-state index contributed by atoms with van der Waals surface area (Å²) in [6.07, 6.45) is 4.68. The lowest BCUT2D eigenvalue weighted by atomic mass is 9.98. The van der Waals surface area contributed by atoms with Gasteiger partial charge in [-0.15, -0.1) is 0 Å². The van der Waals surface area contributed by atoms with Crippen molar-refractivity contribution in [2.24, 2.45) is 5.92 Å². The van der Waals surface area contributed by atoms with E-state index in [-0.39, 0.29) is 17.7 Å². The minimum atomic E-state index is 0.0716. The van der Waals surface area contributed by atoms with E-state index in [2.05, 4.69) is 10.2 Å². The quantitative estimate of drug-likeness (QED) is 0.782. The van der Waals surface area contributed by atoms with Crippen molar-refractivity contribution in [2.45, 2.75) is 31.7 Å².